The largest absolute Gasteiger partial charge is 0.459 e. The zero-order valence-corrected chi connectivity index (χ0v) is 92.6. The van der Waals surface area contributed by atoms with Gasteiger partial charge in [-0.15, -0.1) is 0 Å². The second-order valence-corrected chi connectivity index (χ2v) is 46.6. The normalized spacial score (nSPS) is 25.1. The highest BCUT2D eigenvalue weighted by Gasteiger charge is 2.60. The second-order valence-electron chi connectivity index (χ2n) is 46.6. The molecule has 12 saturated carbocycles. The fourth-order valence-corrected chi connectivity index (χ4v) is 22.2. The van der Waals surface area contributed by atoms with Crippen molar-refractivity contribution in [2.24, 2.45) is 115 Å². The van der Waals surface area contributed by atoms with E-state index in [9.17, 15) is 28.8 Å². The lowest BCUT2D eigenvalue weighted by Gasteiger charge is -2.61. The highest BCUT2D eigenvalue weighted by Crippen LogP contribution is 2.65. The van der Waals surface area contributed by atoms with Gasteiger partial charge in [-0.1, -0.05) is 227 Å². The number of carbonyl (C=O) groups excluding carboxylic acids is 6. The van der Waals surface area contributed by atoms with Crippen LogP contribution in [-0.2, 0) is 57.2 Å². The summed E-state index contributed by atoms with van der Waals surface area (Å²) in [7, 11) is 0. The maximum atomic E-state index is 12.8. The third kappa shape index (κ3) is 36.8. The van der Waals surface area contributed by atoms with E-state index in [0.29, 0.717) is 35.5 Å². The third-order valence-corrected chi connectivity index (χ3v) is 33.9. The molecule has 0 heterocycles. The predicted molar refractivity (Wildman–Crippen MR) is 542 cm³/mol. The first-order valence-corrected chi connectivity index (χ1v) is 54.6. The van der Waals surface area contributed by atoms with Gasteiger partial charge in [0, 0.05) is 11.3 Å². The van der Waals surface area contributed by atoms with Crippen LogP contribution >= 0.6 is 0 Å². The van der Waals surface area contributed by atoms with Gasteiger partial charge in [0.2, 0.25) is 0 Å². The van der Waals surface area contributed by atoms with Gasteiger partial charge in [-0.3, -0.25) is 28.8 Å². The molecule has 12 aliphatic carbocycles. The Kier molecular flexibility index (Phi) is 55.0. The van der Waals surface area contributed by atoms with E-state index in [-0.39, 0.29) is 107 Å². The maximum Gasteiger partial charge on any atom is 0.312 e. The molecule has 0 aliphatic heterocycles. The van der Waals surface area contributed by atoms with Crippen LogP contribution < -0.4 is 0 Å². The average molecular weight is 1800 g/mol. The molecule has 0 saturated heterocycles. The Labute approximate surface area is 790 Å². The minimum Gasteiger partial charge on any atom is -0.459 e. The zero-order valence-electron chi connectivity index (χ0n) is 92.6. The second kappa shape index (κ2) is 56.4. The minimum absolute atomic E-state index is 0.00857. The SMILES string of the molecule is CC.CC.CC.CC.CC.CC.CCC(C)(C)C(=O)OC(C)(C)C12CC3CC(CC(C3)C1)C2.CCC(C)(C)C(=O)OC(C)(C)C1CC2CCC1C2.CCC(C)(C)C(=O)OC(C)(C)C1CCC2CCCCC2C1.CCC(C)(C)C(=O)OC(C)(C)C1CCCC1.CCC(C)(C)C(=O)OC(C)(C)C1CCCCC1.CCC(C)(C)C(=O)OC(C)(C1CCCCC1)C1CCCCC1. The van der Waals surface area contributed by atoms with Gasteiger partial charge < -0.3 is 28.4 Å². The van der Waals surface area contributed by atoms with E-state index >= 15 is 0 Å². The van der Waals surface area contributed by atoms with E-state index in [1.807, 2.05) is 187 Å². The fourth-order valence-electron chi connectivity index (χ4n) is 22.2. The molecule has 12 nitrogen and oxygen atoms in total. The van der Waals surface area contributed by atoms with Crippen molar-refractivity contribution in [1.82, 2.24) is 0 Å². The standard InChI is InChI=1S/C20H36O2.C19H32O2.C19H34O2.C16H28O2.C15H28O2.C14H26O2.6C2H6/c1-5-19(2,3)18(21)22-20(4,16-12-8-6-9-13-16)17-14-10-7-11-15-17;1-6-17(2,3)16(20)21-18(4,5)19-10-13-7-14(11-19)9-15(8-13)12-19;1-6-18(2,3)17(20)21-19(4,5)16-12-11-14-9-7-8-10-15(14)13-16;1-6-15(2,3)14(17)18-16(4,5)13-10-11-7-8-12(13)9-11;1-6-14(2,3)13(16)17-15(4,5)12-10-8-7-9-11-12;1-6-13(2,3)12(15)16-14(4,5)11-9-7-8-10-11;6*1-2/h16-17H,5-15H2,1-4H3;13-15H,6-12H2,1-5H3;14-16H,6-13H2,1-5H3;11-13H,6-10H2,1-5H3;12H,6-11H2,1-5H3;11H,6-10H2,1-5H3;6*1-2H3. The first-order chi connectivity index (χ1) is 59.2. The molecule has 0 N–H and O–H groups in total. The number of carbonyl (C=O) groups is 6. The van der Waals surface area contributed by atoms with Crippen molar-refractivity contribution in [3.63, 3.8) is 0 Å². The highest BCUT2D eigenvalue weighted by molar-refractivity contribution is 5.78. The lowest BCUT2D eigenvalue weighted by atomic mass is 9.46. The van der Waals surface area contributed by atoms with Gasteiger partial charge in [0.1, 0.15) is 33.6 Å². The Balaban J connectivity index is 0.00000147. The van der Waals surface area contributed by atoms with Gasteiger partial charge in [0.15, 0.2) is 0 Å². The highest BCUT2D eigenvalue weighted by atomic mass is 16.6. The Hall–Kier alpha value is -3.18. The average Bonchev–Trinajstić information content (AvgIpc) is 0.976. The molecule has 127 heavy (non-hydrogen) atoms. The molecule has 12 heteroatoms. The van der Waals surface area contributed by atoms with E-state index < -0.39 is 0 Å². The molecule has 0 aromatic rings. The summed E-state index contributed by atoms with van der Waals surface area (Å²) in [6.07, 6.45) is 52.2. The Bertz CT molecular complexity index is 2980. The molecule has 0 aromatic heterocycles. The van der Waals surface area contributed by atoms with Crippen LogP contribution in [0.25, 0.3) is 0 Å². The quantitative estimate of drug-likeness (QED) is 0.0630. The Morgan fingerprint density at radius 3 is 0.772 bits per heavy atom. The van der Waals surface area contributed by atoms with Crippen LogP contribution in [0, 0.1) is 115 Å². The molecule has 6 unspecified atom stereocenters. The van der Waals surface area contributed by atoms with E-state index in [1.54, 1.807) is 0 Å². The summed E-state index contributed by atoms with van der Waals surface area (Å²) < 4.78 is 35.9. The van der Waals surface area contributed by atoms with Crippen molar-refractivity contribution in [3.05, 3.63) is 0 Å². The smallest absolute Gasteiger partial charge is 0.312 e. The molecular weight excluding hydrogens is 1570 g/mol. The van der Waals surface area contributed by atoms with Crippen LogP contribution in [0.5, 0.6) is 0 Å². The van der Waals surface area contributed by atoms with Crippen molar-refractivity contribution in [2.75, 3.05) is 0 Å². The Morgan fingerprint density at radius 2 is 0.480 bits per heavy atom. The van der Waals surface area contributed by atoms with E-state index in [0.717, 1.165) is 80.0 Å². The van der Waals surface area contributed by atoms with Gasteiger partial charge >= 0.3 is 35.8 Å². The van der Waals surface area contributed by atoms with Crippen LogP contribution in [-0.4, -0.2) is 69.4 Å². The van der Waals surface area contributed by atoms with Crippen molar-refractivity contribution in [2.45, 2.75) is 587 Å². The summed E-state index contributed by atoms with van der Waals surface area (Å²) in [5, 5.41) is 0. The molecule has 6 bridgehead atoms. The summed E-state index contributed by atoms with van der Waals surface area (Å²) >= 11 is 0. The van der Waals surface area contributed by atoms with Crippen LogP contribution in [0.1, 0.15) is 554 Å². The number of ether oxygens (including phenoxy) is 6. The van der Waals surface area contributed by atoms with E-state index in [2.05, 4.69) is 96.9 Å². The number of rotatable bonds is 25. The molecular formula is C115H220O12. The van der Waals surface area contributed by atoms with Crippen molar-refractivity contribution < 1.29 is 57.2 Å². The van der Waals surface area contributed by atoms with E-state index in [4.69, 9.17) is 28.4 Å². The Morgan fingerprint density at radius 1 is 0.228 bits per heavy atom. The summed E-state index contributed by atoms with van der Waals surface area (Å²) in [5.41, 5.74) is -3.63. The number of esters is 6. The number of fused-ring (bicyclic) bond motifs is 3. The van der Waals surface area contributed by atoms with Crippen LogP contribution in [0.2, 0.25) is 0 Å². The topological polar surface area (TPSA) is 158 Å². The fraction of sp³-hybridized carbons (Fsp3) is 0.948. The van der Waals surface area contributed by atoms with Gasteiger partial charge in [-0.25, -0.2) is 0 Å². The molecule has 0 amide bonds. The molecule has 0 radical (unpaired) electrons. The summed E-state index contributed by atoms with van der Waals surface area (Å²) in [5.74, 6) is 9.42. The maximum absolute atomic E-state index is 12.8. The van der Waals surface area contributed by atoms with Crippen LogP contribution in [0.4, 0.5) is 0 Å². The lowest BCUT2D eigenvalue weighted by molar-refractivity contribution is -0.206. The molecule has 752 valence electrons. The molecule has 0 aromatic carbocycles. The number of hydrogen-bond acceptors (Lipinski definition) is 12. The monoisotopic (exact) mass is 1790 g/mol. The molecule has 12 fully saturated rings. The van der Waals surface area contributed by atoms with Crippen LogP contribution in [0.15, 0.2) is 0 Å². The number of hydrogen-bond donors (Lipinski definition) is 0. The minimum atomic E-state index is -0.362. The molecule has 0 spiro atoms. The third-order valence-electron chi connectivity index (χ3n) is 33.9. The summed E-state index contributed by atoms with van der Waals surface area (Å²) in [6, 6.07) is 0. The first-order valence-electron chi connectivity index (χ1n) is 54.6. The van der Waals surface area contributed by atoms with Gasteiger partial charge in [0.05, 0.1) is 32.5 Å². The van der Waals surface area contributed by atoms with Crippen molar-refractivity contribution in [3.8, 4) is 0 Å². The van der Waals surface area contributed by atoms with Crippen molar-refractivity contribution >= 4 is 35.8 Å². The summed E-state index contributed by atoms with van der Waals surface area (Å²) in [6.45, 7) is 83.6. The van der Waals surface area contributed by atoms with Gasteiger partial charge in [-0.05, 0) is 397 Å². The van der Waals surface area contributed by atoms with Gasteiger partial charge in [0.25, 0.3) is 0 Å². The van der Waals surface area contributed by atoms with E-state index in [1.165, 1.54) is 231 Å². The first kappa shape index (κ1) is 124. The molecule has 12 aliphatic rings. The predicted octanol–water partition coefficient (Wildman–Crippen LogP) is 34.8. The summed E-state index contributed by atoms with van der Waals surface area (Å²) in [4.78, 5) is 74.2. The molecule has 6 atom stereocenters. The lowest BCUT2D eigenvalue weighted by Crippen LogP contribution is -2.58. The molecule has 12 rings (SSSR count). The zero-order chi connectivity index (χ0) is 98.4. The van der Waals surface area contributed by atoms with Crippen LogP contribution in [0.3, 0.4) is 0 Å². The van der Waals surface area contributed by atoms with Crippen molar-refractivity contribution in [1.29, 1.82) is 0 Å². The van der Waals surface area contributed by atoms with Gasteiger partial charge in [-0.2, -0.15) is 0 Å².